The Morgan fingerprint density at radius 1 is 1.06 bits per heavy atom. The Kier molecular flexibility index (Phi) is 7.53. The van der Waals surface area contributed by atoms with Crippen molar-refractivity contribution in [2.24, 2.45) is 11.8 Å². The Balaban J connectivity index is 1.33. The highest BCUT2D eigenvalue weighted by Gasteiger charge is 2.41. The summed E-state index contributed by atoms with van der Waals surface area (Å²) in [6.07, 6.45) is 9.06. The van der Waals surface area contributed by atoms with Crippen molar-refractivity contribution in [3.63, 3.8) is 0 Å². The number of H-pyrrole nitrogens is 1. The number of nitrogens with one attached hydrogen (secondary N) is 2. The van der Waals surface area contributed by atoms with Crippen LogP contribution in [0, 0.1) is 11.8 Å². The van der Waals surface area contributed by atoms with Crippen LogP contribution >= 0.6 is 0 Å². The van der Waals surface area contributed by atoms with Gasteiger partial charge in [-0.1, -0.05) is 25.0 Å². The van der Waals surface area contributed by atoms with Crippen LogP contribution in [-0.2, 0) is 9.59 Å². The number of nitrogens with zero attached hydrogens (tertiary/aromatic N) is 3. The van der Waals surface area contributed by atoms with Gasteiger partial charge in [-0.25, -0.2) is 4.98 Å². The predicted octanol–water partition coefficient (Wildman–Crippen LogP) is 2.57. The minimum atomic E-state index is -0.343. The number of aromatic amines is 1. The van der Waals surface area contributed by atoms with Gasteiger partial charge in [0.05, 0.1) is 12.5 Å². The fraction of sp³-hybridized carbons (Fsp3) is 0.556. The smallest absolute Gasteiger partial charge is 0.289 e. The topological polar surface area (TPSA) is 108 Å². The van der Waals surface area contributed by atoms with E-state index in [1.165, 1.54) is 12.8 Å². The largest absolute Gasteiger partial charge is 0.494 e. The minimum absolute atomic E-state index is 0.0788. The standard InChI is InChI=1S/C27H35N5O4/c33-24(15-19-5-1-2-6-19)32-17-22-20-7-3-8-21(16-20)36-14-4-12-31(27(35)25-28-9-10-29-25)13-11-30-26(34)23(22)18-32/h3,7-10,16,19,22-23H,1-2,4-6,11-15,17-18H2,(H,28,29)(H,30,34)/t22-,23+/m1/s1. The Hall–Kier alpha value is -3.36. The van der Waals surface area contributed by atoms with Gasteiger partial charge in [-0.2, -0.15) is 0 Å². The van der Waals surface area contributed by atoms with Crippen LogP contribution in [0.2, 0.25) is 0 Å². The molecule has 2 aliphatic heterocycles. The number of hydrogen-bond acceptors (Lipinski definition) is 5. The maximum absolute atomic E-state index is 13.4. The highest BCUT2D eigenvalue weighted by atomic mass is 16.5. The number of likely N-dealkylation sites (tertiary alicyclic amines) is 1. The lowest BCUT2D eigenvalue weighted by Crippen LogP contribution is -2.42. The number of carbonyl (C=O) groups is 3. The maximum atomic E-state index is 13.4. The molecule has 1 aliphatic carbocycles. The van der Waals surface area contributed by atoms with Gasteiger partial charge in [-0.15, -0.1) is 0 Å². The van der Waals surface area contributed by atoms with Crippen LogP contribution in [0.4, 0.5) is 0 Å². The normalized spacial score (nSPS) is 23.5. The van der Waals surface area contributed by atoms with E-state index in [1.807, 2.05) is 29.2 Å². The van der Waals surface area contributed by atoms with Crippen molar-refractivity contribution in [1.29, 1.82) is 0 Å². The number of fused-ring (bicyclic) bond motifs is 4. The summed E-state index contributed by atoms with van der Waals surface area (Å²) in [5.41, 5.74) is 1.02. The molecule has 2 N–H and O–H groups in total. The summed E-state index contributed by atoms with van der Waals surface area (Å²) in [4.78, 5) is 49.9. The molecule has 2 fully saturated rings. The van der Waals surface area contributed by atoms with Crippen LogP contribution in [-0.4, -0.2) is 76.8 Å². The molecule has 3 aliphatic rings. The van der Waals surface area contributed by atoms with Gasteiger partial charge in [0.25, 0.3) is 5.91 Å². The quantitative estimate of drug-likeness (QED) is 0.683. The first-order valence-corrected chi connectivity index (χ1v) is 13.2. The second kappa shape index (κ2) is 11.1. The number of carbonyl (C=O) groups excluding carboxylic acids is 3. The van der Waals surface area contributed by atoms with Gasteiger partial charge in [0, 0.05) is 57.5 Å². The summed E-state index contributed by atoms with van der Waals surface area (Å²) in [5, 5.41) is 3.05. The first kappa shape index (κ1) is 24.3. The molecule has 1 saturated heterocycles. The molecule has 2 aromatic rings. The van der Waals surface area contributed by atoms with Crippen LogP contribution in [0.25, 0.3) is 0 Å². The molecule has 2 atom stereocenters. The molecule has 36 heavy (non-hydrogen) atoms. The molecule has 2 bridgehead atoms. The van der Waals surface area contributed by atoms with Gasteiger partial charge in [-0.05, 0) is 42.9 Å². The SMILES string of the molecule is O=C1NCCN(C(=O)c2ncc[nH]2)CCCOc2cccc(c2)[C@H]2CN(C(=O)CC3CCCC3)C[C@H]12. The molecule has 0 unspecified atom stereocenters. The second-order valence-electron chi connectivity index (χ2n) is 10.2. The third-order valence-electron chi connectivity index (χ3n) is 7.74. The number of rotatable bonds is 3. The van der Waals surface area contributed by atoms with E-state index in [4.69, 9.17) is 4.74 Å². The van der Waals surface area contributed by atoms with Crippen molar-refractivity contribution in [2.45, 2.75) is 44.4 Å². The fourth-order valence-corrected chi connectivity index (χ4v) is 5.77. The van der Waals surface area contributed by atoms with Crippen LogP contribution in [0.5, 0.6) is 5.75 Å². The average Bonchev–Trinajstić information content (AvgIpc) is 3.66. The summed E-state index contributed by atoms with van der Waals surface area (Å²) >= 11 is 0. The number of amides is 3. The average molecular weight is 494 g/mol. The molecule has 3 heterocycles. The molecule has 1 saturated carbocycles. The van der Waals surface area contributed by atoms with E-state index in [-0.39, 0.29) is 35.4 Å². The molecular formula is C27H35N5O4. The second-order valence-corrected chi connectivity index (χ2v) is 10.2. The van der Waals surface area contributed by atoms with Gasteiger partial charge >= 0.3 is 0 Å². The van der Waals surface area contributed by atoms with E-state index in [2.05, 4.69) is 15.3 Å². The molecule has 192 valence electrons. The molecule has 5 rings (SSSR count). The Labute approximate surface area is 211 Å². The zero-order valence-electron chi connectivity index (χ0n) is 20.7. The fourth-order valence-electron chi connectivity index (χ4n) is 5.77. The van der Waals surface area contributed by atoms with Crippen molar-refractivity contribution in [3.05, 3.63) is 48.0 Å². The van der Waals surface area contributed by atoms with Gasteiger partial charge in [0.2, 0.25) is 11.8 Å². The van der Waals surface area contributed by atoms with E-state index in [1.54, 1.807) is 17.3 Å². The molecule has 0 radical (unpaired) electrons. The number of imidazole rings is 1. The minimum Gasteiger partial charge on any atom is -0.494 e. The summed E-state index contributed by atoms with van der Waals surface area (Å²) in [6, 6.07) is 7.88. The molecule has 9 nitrogen and oxygen atoms in total. The lowest BCUT2D eigenvalue weighted by molar-refractivity contribution is -0.131. The number of benzene rings is 1. The van der Waals surface area contributed by atoms with Gasteiger partial charge in [0.15, 0.2) is 5.82 Å². The molecule has 1 aromatic heterocycles. The molecule has 1 aromatic carbocycles. The van der Waals surface area contributed by atoms with E-state index in [0.29, 0.717) is 58.1 Å². The third kappa shape index (κ3) is 5.55. The number of ether oxygens (including phenoxy) is 1. The van der Waals surface area contributed by atoms with E-state index in [9.17, 15) is 14.4 Å². The molecular weight excluding hydrogens is 458 g/mol. The number of aromatic nitrogens is 2. The van der Waals surface area contributed by atoms with Gasteiger partial charge in [0.1, 0.15) is 5.75 Å². The predicted molar refractivity (Wildman–Crippen MR) is 133 cm³/mol. The van der Waals surface area contributed by atoms with Crippen LogP contribution < -0.4 is 10.1 Å². The Morgan fingerprint density at radius 3 is 2.69 bits per heavy atom. The number of hydrogen-bond donors (Lipinski definition) is 2. The van der Waals surface area contributed by atoms with E-state index in [0.717, 1.165) is 24.2 Å². The summed E-state index contributed by atoms with van der Waals surface area (Å²) in [7, 11) is 0. The van der Waals surface area contributed by atoms with Crippen molar-refractivity contribution in [3.8, 4) is 5.75 Å². The van der Waals surface area contributed by atoms with Crippen LogP contribution in [0.3, 0.4) is 0 Å². The van der Waals surface area contributed by atoms with Crippen molar-refractivity contribution < 1.29 is 19.1 Å². The first-order chi connectivity index (χ1) is 17.6. The van der Waals surface area contributed by atoms with E-state index < -0.39 is 0 Å². The maximum Gasteiger partial charge on any atom is 0.289 e. The Morgan fingerprint density at radius 2 is 1.89 bits per heavy atom. The van der Waals surface area contributed by atoms with E-state index >= 15 is 0 Å². The molecule has 0 spiro atoms. The zero-order chi connectivity index (χ0) is 24.9. The summed E-state index contributed by atoms with van der Waals surface area (Å²) in [5.74, 6) is 0.930. The zero-order valence-corrected chi connectivity index (χ0v) is 20.7. The first-order valence-electron chi connectivity index (χ1n) is 13.2. The summed E-state index contributed by atoms with van der Waals surface area (Å²) in [6.45, 7) is 2.63. The Bertz CT molecular complexity index is 1070. The summed E-state index contributed by atoms with van der Waals surface area (Å²) < 4.78 is 6.01. The third-order valence-corrected chi connectivity index (χ3v) is 7.74. The van der Waals surface area contributed by atoms with Gasteiger partial charge < -0.3 is 24.8 Å². The van der Waals surface area contributed by atoms with Crippen LogP contribution in [0.1, 0.15) is 60.6 Å². The van der Waals surface area contributed by atoms with Crippen molar-refractivity contribution in [1.82, 2.24) is 25.1 Å². The molecule has 9 heteroatoms. The van der Waals surface area contributed by atoms with Gasteiger partial charge in [-0.3, -0.25) is 14.4 Å². The highest BCUT2D eigenvalue weighted by molar-refractivity contribution is 5.90. The van der Waals surface area contributed by atoms with Crippen molar-refractivity contribution >= 4 is 17.7 Å². The van der Waals surface area contributed by atoms with Crippen molar-refractivity contribution in [2.75, 3.05) is 39.3 Å². The highest BCUT2D eigenvalue weighted by Crippen LogP contribution is 2.36. The molecule has 3 amide bonds. The van der Waals surface area contributed by atoms with Crippen LogP contribution in [0.15, 0.2) is 36.7 Å². The lowest BCUT2D eigenvalue weighted by atomic mass is 9.88. The lowest BCUT2D eigenvalue weighted by Gasteiger charge is -2.24. The monoisotopic (exact) mass is 493 g/mol.